The summed E-state index contributed by atoms with van der Waals surface area (Å²) in [7, 11) is 0. The Balaban J connectivity index is 1.21. The van der Waals surface area contributed by atoms with Gasteiger partial charge in [0.1, 0.15) is 18.0 Å². The highest BCUT2D eigenvalue weighted by molar-refractivity contribution is 5.87. The minimum Gasteiger partial charge on any atom is -0.462 e. The van der Waals surface area contributed by atoms with Gasteiger partial charge in [-0.25, -0.2) is 4.39 Å². The Morgan fingerprint density at radius 3 is 2.38 bits per heavy atom. The van der Waals surface area contributed by atoms with E-state index in [0.717, 1.165) is 44.8 Å². The summed E-state index contributed by atoms with van der Waals surface area (Å²) in [4.78, 5) is 43.0. The second kappa shape index (κ2) is 10.3. The first-order valence-electron chi connectivity index (χ1n) is 12.3. The molecule has 0 aliphatic carbocycles. The van der Waals surface area contributed by atoms with E-state index in [9.17, 15) is 18.8 Å². The van der Waals surface area contributed by atoms with Crippen LogP contribution in [0.2, 0.25) is 0 Å². The largest absolute Gasteiger partial charge is 0.462 e. The third-order valence-corrected chi connectivity index (χ3v) is 7.48. The van der Waals surface area contributed by atoms with Crippen LogP contribution >= 0.6 is 0 Å². The molecule has 8 nitrogen and oxygen atoms in total. The highest BCUT2D eigenvalue weighted by atomic mass is 19.1. The number of piperazine rings is 1. The number of benzene rings is 1. The summed E-state index contributed by atoms with van der Waals surface area (Å²) in [6.45, 7) is 8.61. The number of amides is 2. The number of rotatable bonds is 6. The van der Waals surface area contributed by atoms with E-state index in [1.165, 1.54) is 19.1 Å². The molecule has 3 aliphatic rings. The Morgan fingerprint density at radius 1 is 1.12 bits per heavy atom. The Labute approximate surface area is 200 Å². The van der Waals surface area contributed by atoms with Crippen molar-refractivity contribution >= 4 is 23.5 Å². The van der Waals surface area contributed by atoms with Gasteiger partial charge in [0.2, 0.25) is 11.8 Å². The number of carbonyl (C=O) groups is 3. The summed E-state index contributed by atoms with van der Waals surface area (Å²) in [6.07, 6.45) is 2.66. The van der Waals surface area contributed by atoms with Gasteiger partial charge in [-0.3, -0.25) is 19.3 Å². The van der Waals surface area contributed by atoms with Crippen LogP contribution in [0.4, 0.5) is 10.1 Å². The zero-order valence-electron chi connectivity index (χ0n) is 20.1. The fraction of sp³-hybridized carbons (Fsp3) is 0.640. The van der Waals surface area contributed by atoms with E-state index in [4.69, 9.17) is 4.74 Å². The highest BCUT2D eigenvalue weighted by Crippen LogP contribution is 2.44. The number of nitrogens with one attached hydrogen (secondary N) is 1. The van der Waals surface area contributed by atoms with Crippen molar-refractivity contribution in [3.63, 3.8) is 0 Å². The van der Waals surface area contributed by atoms with E-state index in [1.807, 2.05) is 12.1 Å². The molecule has 1 aromatic rings. The Bertz CT molecular complexity index is 893. The Hall–Kier alpha value is -2.68. The maximum atomic E-state index is 13.2. The topological polar surface area (TPSA) is 82.2 Å². The number of esters is 1. The van der Waals surface area contributed by atoms with Crippen molar-refractivity contribution in [2.75, 3.05) is 50.7 Å². The predicted molar refractivity (Wildman–Crippen MR) is 126 cm³/mol. The molecule has 3 fully saturated rings. The van der Waals surface area contributed by atoms with Crippen molar-refractivity contribution in [3.05, 3.63) is 30.1 Å². The number of nitrogens with zero attached hydrogens (tertiary/aromatic N) is 3. The van der Waals surface area contributed by atoms with Gasteiger partial charge in [-0.2, -0.15) is 0 Å². The number of hydrogen-bond acceptors (Lipinski definition) is 6. The molecule has 0 bridgehead atoms. The molecule has 0 saturated carbocycles. The molecule has 34 heavy (non-hydrogen) atoms. The molecule has 9 heteroatoms. The molecule has 2 amide bonds. The van der Waals surface area contributed by atoms with E-state index < -0.39 is 11.5 Å². The first kappa shape index (κ1) is 24.4. The summed E-state index contributed by atoms with van der Waals surface area (Å²) >= 11 is 0. The van der Waals surface area contributed by atoms with Gasteiger partial charge in [-0.15, -0.1) is 0 Å². The van der Waals surface area contributed by atoms with Crippen LogP contribution in [0.3, 0.4) is 0 Å². The summed E-state index contributed by atoms with van der Waals surface area (Å²) in [5.74, 6) is -0.676. The highest BCUT2D eigenvalue weighted by Gasteiger charge is 2.50. The summed E-state index contributed by atoms with van der Waals surface area (Å²) in [6, 6.07) is 6.08. The number of ether oxygens (including phenoxy) is 1. The second-order valence-electron chi connectivity index (χ2n) is 9.85. The molecule has 1 N–H and O–H groups in total. The third kappa shape index (κ3) is 5.51. The average molecular weight is 475 g/mol. The SMILES string of the molecule is CC(=O)NC(C)C(=O)N1CCC2(CC1)CC(CCN1CCN(c3ccc(F)cc3)CC1)OC2=O. The first-order valence-corrected chi connectivity index (χ1v) is 12.3. The number of cyclic esters (lactones) is 1. The molecule has 3 aliphatic heterocycles. The molecule has 4 rings (SSSR count). The monoisotopic (exact) mass is 474 g/mol. The quantitative estimate of drug-likeness (QED) is 0.633. The summed E-state index contributed by atoms with van der Waals surface area (Å²) < 4.78 is 18.9. The summed E-state index contributed by atoms with van der Waals surface area (Å²) in [5, 5.41) is 2.63. The molecule has 2 atom stereocenters. The number of carbonyl (C=O) groups excluding carboxylic acids is 3. The third-order valence-electron chi connectivity index (χ3n) is 7.48. The molecule has 3 saturated heterocycles. The average Bonchev–Trinajstić information content (AvgIpc) is 3.12. The standard InChI is InChI=1S/C25H35FN4O4/c1-18(27-19(2)31)23(32)30-11-8-25(9-12-30)17-22(34-24(25)33)7-10-28-13-15-29(16-14-28)21-5-3-20(26)4-6-21/h3-6,18,22H,7-17H2,1-2H3,(H,27,31). The van der Waals surface area contributed by atoms with Crippen molar-refractivity contribution in [1.82, 2.24) is 15.1 Å². The van der Waals surface area contributed by atoms with Gasteiger partial charge in [0.25, 0.3) is 0 Å². The zero-order chi connectivity index (χ0) is 24.3. The van der Waals surface area contributed by atoms with Gasteiger partial charge in [-0.1, -0.05) is 0 Å². The van der Waals surface area contributed by atoms with Crippen LogP contribution in [0.5, 0.6) is 0 Å². The first-order chi connectivity index (χ1) is 16.3. The fourth-order valence-corrected chi connectivity index (χ4v) is 5.41. The number of hydrogen-bond donors (Lipinski definition) is 1. The normalized spacial score (nSPS) is 23.6. The summed E-state index contributed by atoms with van der Waals surface area (Å²) in [5.41, 5.74) is 0.559. The molecule has 2 unspecified atom stereocenters. The molecule has 3 heterocycles. The van der Waals surface area contributed by atoms with Crippen molar-refractivity contribution in [2.24, 2.45) is 5.41 Å². The zero-order valence-corrected chi connectivity index (χ0v) is 20.1. The van der Waals surface area contributed by atoms with Crippen LogP contribution in [-0.2, 0) is 19.1 Å². The van der Waals surface area contributed by atoms with Gasteiger partial charge < -0.3 is 19.9 Å². The number of anilines is 1. The lowest BCUT2D eigenvalue weighted by molar-refractivity contribution is -0.153. The molecular formula is C25H35FN4O4. The van der Waals surface area contributed by atoms with Gasteiger partial charge in [-0.05, 0) is 50.5 Å². The minimum absolute atomic E-state index is 0.0804. The number of halogens is 1. The van der Waals surface area contributed by atoms with Crippen LogP contribution in [0.25, 0.3) is 0 Å². The van der Waals surface area contributed by atoms with Crippen LogP contribution in [0.1, 0.15) is 39.5 Å². The predicted octanol–water partition coefficient (Wildman–Crippen LogP) is 1.79. The van der Waals surface area contributed by atoms with E-state index in [1.54, 1.807) is 11.8 Å². The maximum Gasteiger partial charge on any atom is 0.312 e. The van der Waals surface area contributed by atoms with E-state index in [-0.39, 0.29) is 29.7 Å². The molecular weight excluding hydrogens is 439 g/mol. The van der Waals surface area contributed by atoms with Crippen LogP contribution in [-0.4, -0.2) is 85.5 Å². The van der Waals surface area contributed by atoms with Crippen LogP contribution in [0.15, 0.2) is 24.3 Å². The molecule has 1 spiro atoms. The number of piperidine rings is 1. The van der Waals surface area contributed by atoms with Crippen molar-refractivity contribution < 1.29 is 23.5 Å². The van der Waals surface area contributed by atoms with E-state index in [2.05, 4.69) is 15.1 Å². The minimum atomic E-state index is -0.557. The van der Waals surface area contributed by atoms with Gasteiger partial charge >= 0.3 is 5.97 Å². The second-order valence-corrected chi connectivity index (χ2v) is 9.85. The van der Waals surface area contributed by atoms with Gasteiger partial charge in [0.05, 0.1) is 5.41 Å². The Kier molecular flexibility index (Phi) is 7.40. The van der Waals surface area contributed by atoms with Crippen molar-refractivity contribution in [1.29, 1.82) is 0 Å². The fourth-order valence-electron chi connectivity index (χ4n) is 5.41. The maximum absolute atomic E-state index is 13.2. The van der Waals surface area contributed by atoms with Crippen LogP contribution in [0, 0.1) is 11.2 Å². The lowest BCUT2D eigenvalue weighted by Gasteiger charge is -2.37. The lowest BCUT2D eigenvalue weighted by atomic mass is 9.75. The van der Waals surface area contributed by atoms with E-state index >= 15 is 0 Å². The molecule has 186 valence electrons. The van der Waals surface area contributed by atoms with Crippen molar-refractivity contribution in [3.8, 4) is 0 Å². The molecule has 0 radical (unpaired) electrons. The lowest BCUT2D eigenvalue weighted by Crippen LogP contribution is -2.51. The van der Waals surface area contributed by atoms with E-state index in [0.29, 0.717) is 32.4 Å². The van der Waals surface area contributed by atoms with Gasteiger partial charge in [0.15, 0.2) is 0 Å². The van der Waals surface area contributed by atoms with Crippen LogP contribution < -0.4 is 10.2 Å². The smallest absolute Gasteiger partial charge is 0.312 e. The van der Waals surface area contributed by atoms with Crippen molar-refractivity contribution in [2.45, 2.75) is 51.7 Å². The molecule has 1 aromatic carbocycles. The Morgan fingerprint density at radius 2 is 1.76 bits per heavy atom. The van der Waals surface area contributed by atoms with Gasteiger partial charge in [0, 0.05) is 64.8 Å². The molecule has 0 aromatic heterocycles. The number of likely N-dealkylation sites (tertiary alicyclic amines) is 1.